The van der Waals surface area contributed by atoms with Crippen LogP contribution in [0.15, 0.2) is 30.3 Å². The number of carbonyl (C=O) groups excluding carboxylic acids is 4. The molecule has 11 nitrogen and oxygen atoms in total. The van der Waals surface area contributed by atoms with E-state index >= 15 is 0 Å². The van der Waals surface area contributed by atoms with Gasteiger partial charge < -0.3 is 32.5 Å². The first-order chi connectivity index (χ1) is 15.5. The minimum absolute atomic E-state index is 0.0381. The molecule has 0 heterocycles. The van der Waals surface area contributed by atoms with Crippen LogP contribution in [0.5, 0.6) is 0 Å². The van der Waals surface area contributed by atoms with E-state index in [0.29, 0.717) is 6.42 Å². The summed E-state index contributed by atoms with van der Waals surface area (Å²) in [5.41, 5.74) is 11.5. The molecule has 4 atom stereocenters. The number of benzene rings is 1. The summed E-state index contributed by atoms with van der Waals surface area (Å²) in [6, 6.07) is 5.67. The second kappa shape index (κ2) is 13.8. The van der Waals surface area contributed by atoms with Crippen molar-refractivity contribution in [3.05, 3.63) is 35.9 Å². The molecule has 4 amide bonds. The molecule has 0 spiro atoms. The summed E-state index contributed by atoms with van der Waals surface area (Å²) in [5.74, 6) is -3.97. The van der Waals surface area contributed by atoms with Gasteiger partial charge in [-0.05, 0) is 17.9 Å². The molecule has 1 aromatic rings. The molecule has 11 heteroatoms. The molecule has 0 radical (unpaired) electrons. The molecule has 0 saturated heterocycles. The summed E-state index contributed by atoms with van der Waals surface area (Å²) < 4.78 is 0. The van der Waals surface area contributed by atoms with E-state index in [1.807, 2.05) is 6.92 Å². The molecule has 0 bridgehead atoms. The van der Waals surface area contributed by atoms with Crippen molar-refractivity contribution in [3.8, 4) is 0 Å². The van der Waals surface area contributed by atoms with Gasteiger partial charge in [0.25, 0.3) is 0 Å². The van der Waals surface area contributed by atoms with Crippen molar-refractivity contribution >= 4 is 29.6 Å². The van der Waals surface area contributed by atoms with Crippen LogP contribution in [0.25, 0.3) is 0 Å². The predicted molar refractivity (Wildman–Crippen MR) is 121 cm³/mol. The summed E-state index contributed by atoms with van der Waals surface area (Å²) in [4.78, 5) is 59.6. The summed E-state index contributed by atoms with van der Waals surface area (Å²) in [6.45, 7) is 3.12. The van der Waals surface area contributed by atoms with E-state index in [1.54, 1.807) is 37.3 Å². The lowest BCUT2D eigenvalue weighted by Crippen LogP contribution is -2.55. The molecule has 0 aliphatic heterocycles. The van der Waals surface area contributed by atoms with Crippen LogP contribution < -0.4 is 27.4 Å². The summed E-state index contributed by atoms with van der Waals surface area (Å²) >= 11 is 0. The van der Waals surface area contributed by atoms with Gasteiger partial charge in [-0.25, -0.2) is 4.79 Å². The fraction of sp³-hybridized carbons (Fsp3) is 0.500. The lowest BCUT2D eigenvalue weighted by molar-refractivity contribution is -0.141. The van der Waals surface area contributed by atoms with E-state index in [4.69, 9.17) is 11.5 Å². The number of aliphatic carboxylic acids is 1. The highest BCUT2D eigenvalue weighted by Crippen LogP contribution is 2.09. The molecular weight excluding hydrogens is 430 g/mol. The van der Waals surface area contributed by atoms with Gasteiger partial charge in [0.1, 0.15) is 12.1 Å². The quantitative estimate of drug-likeness (QED) is 0.204. The fourth-order valence-electron chi connectivity index (χ4n) is 2.96. The summed E-state index contributed by atoms with van der Waals surface area (Å²) in [6.07, 6.45) is 0.614. The van der Waals surface area contributed by atoms with Crippen LogP contribution in [0.3, 0.4) is 0 Å². The van der Waals surface area contributed by atoms with Crippen molar-refractivity contribution in [2.24, 2.45) is 17.4 Å². The topological polar surface area (TPSA) is 194 Å². The standard InChI is InChI=1S/C22H33N5O6/c1-3-13(2)19(27-20(30)15(23)9-10-17(24)28)21(31)25-12-18(29)26-16(22(32)33)11-14-7-5-4-6-8-14/h4-8,13,15-16,19H,3,9-12,23H2,1-2H3,(H2,24,28)(H,25,31)(H,26,29)(H,27,30)(H,32,33). The second-order valence-corrected chi connectivity index (χ2v) is 7.85. The second-order valence-electron chi connectivity index (χ2n) is 7.85. The van der Waals surface area contributed by atoms with Gasteiger partial charge in [0, 0.05) is 12.8 Å². The Bertz CT molecular complexity index is 832. The number of hydrogen-bond acceptors (Lipinski definition) is 6. The number of carboxylic acid groups (broad SMARTS) is 1. The Morgan fingerprint density at radius 1 is 1.03 bits per heavy atom. The third-order valence-electron chi connectivity index (χ3n) is 5.17. The molecule has 1 rings (SSSR count). The van der Waals surface area contributed by atoms with E-state index in [0.717, 1.165) is 5.56 Å². The van der Waals surface area contributed by atoms with Crippen LogP contribution in [0.4, 0.5) is 0 Å². The van der Waals surface area contributed by atoms with E-state index in [1.165, 1.54) is 0 Å². The van der Waals surface area contributed by atoms with Crippen LogP contribution in [-0.2, 0) is 30.4 Å². The highest BCUT2D eigenvalue weighted by atomic mass is 16.4. The van der Waals surface area contributed by atoms with Crippen LogP contribution in [0.2, 0.25) is 0 Å². The zero-order valence-corrected chi connectivity index (χ0v) is 18.9. The molecule has 4 unspecified atom stereocenters. The number of rotatable bonds is 14. The number of carboxylic acids is 1. The molecule has 0 saturated carbocycles. The molecule has 1 aromatic carbocycles. The highest BCUT2D eigenvalue weighted by molar-refractivity contribution is 5.93. The maximum atomic E-state index is 12.6. The zero-order chi connectivity index (χ0) is 25.0. The van der Waals surface area contributed by atoms with Crippen molar-refractivity contribution in [2.75, 3.05) is 6.54 Å². The van der Waals surface area contributed by atoms with Crippen molar-refractivity contribution in [3.63, 3.8) is 0 Å². The molecule has 8 N–H and O–H groups in total. The maximum Gasteiger partial charge on any atom is 0.326 e. The van der Waals surface area contributed by atoms with Crippen molar-refractivity contribution < 1.29 is 29.1 Å². The van der Waals surface area contributed by atoms with Gasteiger partial charge in [0.2, 0.25) is 23.6 Å². The molecule has 0 aliphatic carbocycles. The minimum Gasteiger partial charge on any atom is -0.480 e. The van der Waals surface area contributed by atoms with Gasteiger partial charge in [0.15, 0.2) is 0 Å². The zero-order valence-electron chi connectivity index (χ0n) is 18.9. The number of carbonyl (C=O) groups is 5. The Hall–Kier alpha value is -3.47. The molecule has 0 fully saturated rings. The van der Waals surface area contributed by atoms with Crippen LogP contribution >= 0.6 is 0 Å². The first-order valence-corrected chi connectivity index (χ1v) is 10.7. The Kier molecular flexibility index (Phi) is 11.6. The van der Waals surface area contributed by atoms with Crippen LogP contribution in [0.1, 0.15) is 38.7 Å². The molecule has 0 aromatic heterocycles. The van der Waals surface area contributed by atoms with Crippen molar-refractivity contribution in [1.82, 2.24) is 16.0 Å². The van der Waals surface area contributed by atoms with Gasteiger partial charge in [-0.3, -0.25) is 19.2 Å². The third kappa shape index (κ3) is 10.1. The number of amides is 4. The highest BCUT2D eigenvalue weighted by Gasteiger charge is 2.28. The Labute approximate surface area is 192 Å². The van der Waals surface area contributed by atoms with E-state index in [2.05, 4.69) is 16.0 Å². The van der Waals surface area contributed by atoms with Gasteiger partial charge in [-0.2, -0.15) is 0 Å². The molecule has 0 aliphatic rings. The molecular formula is C22H33N5O6. The smallest absolute Gasteiger partial charge is 0.326 e. The average Bonchev–Trinajstić information content (AvgIpc) is 2.78. The summed E-state index contributed by atoms with van der Waals surface area (Å²) in [7, 11) is 0. The lowest BCUT2D eigenvalue weighted by atomic mass is 9.97. The Morgan fingerprint density at radius 3 is 2.21 bits per heavy atom. The molecule has 182 valence electrons. The first-order valence-electron chi connectivity index (χ1n) is 10.7. The Balaban J connectivity index is 2.67. The van der Waals surface area contributed by atoms with Gasteiger partial charge in [-0.1, -0.05) is 50.6 Å². The number of hydrogen-bond donors (Lipinski definition) is 6. The maximum absolute atomic E-state index is 12.6. The third-order valence-corrected chi connectivity index (χ3v) is 5.17. The van der Waals surface area contributed by atoms with Gasteiger partial charge >= 0.3 is 5.97 Å². The van der Waals surface area contributed by atoms with Crippen LogP contribution in [0, 0.1) is 5.92 Å². The minimum atomic E-state index is -1.20. The molecule has 33 heavy (non-hydrogen) atoms. The summed E-state index contributed by atoms with van der Waals surface area (Å²) in [5, 5.41) is 16.8. The van der Waals surface area contributed by atoms with Crippen LogP contribution in [-0.4, -0.2) is 59.4 Å². The van der Waals surface area contributed by atoms with Gasteiger partial charge in [-0.15, -0.1) is 0 Å². The SMILES string of the molecule is CCC(C)C(NC(=O)C(N)CCC(N)=O)C(=O)NCC(=O)NC(Cc1ccccc1)C(=O)O. The van der Waals surface area contributed by atoms with Crippen molar-refractivity contribution in [2.45, 2.75) is 57.7 Å². The fourth-order valence-corrected chi connectivity index (χ4v) is 2.96. The van der Waals surface area contributed by atoms with Gasteiger partial charge in [0.05, 0.1) is 12.6 Å². The monoisotopic (exact) mass is 463 g/mol. The van der Waals surface area contributed by atoms with E-state index in [-0.39, 0.29) is 25.2 Å². The Morgan fingerprint density at radius 2 is 1.67 bits per heavy atom. The van der Waals surface area contributed by atoms with E-state index in [9.17, 15) is 29.1 Å². The van der Waals surface area contributed by atoms with E-state index < -0.39 is 54.3 Å². The largest absolute Gasteiger partial charge is 0.480 e. The average molecular weight is 464 g/mol. The normalized spacial score (nSPS) is 14.3. The van der Waals surface area contributed by atoms with Crippen molar-refractivity contribution in [1.29, 1.82) is 0 Å². The number of primary amides is 1. The lowest BCUT2D eigenvalue weighted by Gasteiger charge is -2.25. The number of nitrogens with two attached hydrogens (primary N) is 2. The number of nitrogens with one attached hydrogen (secondary N) is 3. The first kappa shape index (κ1) is 27.6. The predicted octanol–water partition coefficient (Wildman–Crippen LogP) is -0.962.